The van der Waals surface area contributed by atoms with E-state index >= 15 is 0 Å². The van der Waals surface area contributed by atoms with E-state index in [1.807, 2.05) is 78.7 Å². The maximum atomic E-state index is 10.5. The fourth-order valence-corrected chi connectivity index (χ4v) is 11.6. The van der Waals surface area contributed by atoms with E-state index in [1.54, 1.807) is 0 Å². The highest BCUT2D eigenvalue weighted by Gasteiger charge is 2.36. The molecule has 0 radical (unpaired) electrons. The third-order valence-corrected chi connectivity index (χ3v) is 18.6. The van der Waals surface area contributed by atoms with Crippen molar-refractivity contribution in [3.63, 3.8) is 0 Å². The Morgan fingerprint density at radius 3 is 1.30 bits per heavy atom. The molecule has 0 aliphatic carbocycles. The molecule has 1 fully saturated rings. The molecular formula is C79H128B7N7O12. The first-order valence-corrected chi connectivity index (χ1v) is 37.7. The van der Waals surface area contributed by atoms with Crippen LogP contribution in [0, 0.1) is 16.2 Å². The molecule has 0 bridgehead atoms. The Balaban J connectivity index is 0.000000213. The fourth-order valence-electron chi connectivity index (χ4n) is 11.6. The van der Waals surface area contributed by atoms with Gasteiger partial charge < -0.3 is 47.7 Å². The number of H-pyrrole nitrogens is 2. The van der Waals surface area contributed by atoms with E-state index in [4.69, 9.17) is 32.6 Å². The van der Waals surface area contributed by atoms with Gasteiger partial charge in [-0.2, -0.15) is 5.21 Å². The number of hydrogen-bond acceptors (Lipinski definition) is 17. The van der Waals surface area contributed by atoms with Crippen molar-refractivity contribution in [2.24, 2.45) is 21.2 Å². The molecule has 26 heteroatoms. The number of nitrogens with zero attached hydrogens (tertiary/aromatic N) is 5. The molecule has 13 rings (SSSR count). The molecule has 1 unspecified atom stereocenters. The normalized spacial score (nSPS) is 16.7. The van der Waals surface area contributed by atoms with Crippen LogP contribution in [0.3, 0.4) is 0 Å². The number of hydrogen-bond donors (Lipinski definition) is 5. The smallest absolute Gasteiger partial charge is 0.527 e. The van der Waals surface area contributed by atoms with Gasteiger partial charge in [-0.1, -0.05) is 285 Å². The number of aromatic nitrogens is 6. The molecule has 1 atom stereocenters. The minimum Gasteiger partial charge on any atom is -0.549 e. The molecule has 0 saturated carbocycles. The Hall–Kier alpha value is -6.13. The average molecular weight is 1440 g/mol. The van der Waals surface area contributed by atoms with Crippen molar-refractivity contribution in [1.82, 2.24) is 30.8 Å². The zero-order chi connectivity index (χ0) is 79.4. The molecule has 4 aromatic carbocycles. The number of aromatic amines is 2. The quantitative estimate of drug-likeness (QED) is 0.0887. The van der Waals surface area contributed by atoms with Crippen molar-refractivity contribution < 1.29 is 52.2 Å². The first-order valence-electron chi connectivity index (χ1n) is 37.7. The standard InChI is InChI=1S/2C12H17BO.2C11H15BO2.C8H17BO.C7H14BNO.C7H13BO2.C6H10N2O2.C5H10N4/c1-12(2,3)10-5-6-11-9(7-10)8-14-13(11)4;1-12(2,3)10-6-5-9-8-14-13(4)11(9)7-10;2*1-11(2,3)9-5-4-8-7-12(13)14-10(8)6-9;1-8(2,3)7-5-6-9(4)10-7;1-7(2,3)6-9-5-8(4)10-6;1-7(2,3)6-4-5-10-8(6)9;1-6(2,3)4-7-5(9)10-8-4;1-5(2,3)4-6-8-9-7-4/h2*5-7H,8H2,1-4H3;2*4-6,13H,7H2,1-3H3;7H,5-6H2,1-4H3;5H2,1-4H3;4,9H,5H2,1-3H3;1-3H3,(H,7,8,9);1-3H3,(H,6,7,8,9). The first kappa shape index (κ1) is 89.5. The molecular weight excluding hydrogens is 1310 g/mol. The van der Waals surface area contributed by atoms with Crippen LogP contribution in [0.25, 0.3) is 0 Å². The van der Waals surface area contributed by atoms with E-state index < -0.39 is 27.1 Å². The molecule has 9 heterocycles. The summed E-state index contributed by atoms with van der Waals surface area (Å²) < 4.78 is 42.3. The zero-order valence-corrected chi connectivity index (χ0v) is 70.0. The summed E-state index contributed by atoms with van der Waals surface area (Å²) in [6.45, 7) is 69.6. The van der Waals surface area contributed by atoms with Crippen LogP contribution in [-0.4, -0.2) is 120 Å². The summed E-state index contributed by atoms with van der Waals surface area (Å²) in [4.78, 5) is 17.2. The van der Waals surface area contributed by atoms with Gasteiger partial charge in [0.1, 0.15) is 11.5 Å². The van der Waals surface area contributed by atoms with Crippen LogP contribution in [0.4, 0.5) is 0 Å². The lowest BCUT2D eigenvalue weighted by Crippen LogP contribution is -2.26. The highest BCUT2D eigenvalue weighted by Crippen LogP contribution is 2.36. The van der Waals surface area contributed by atoms with Crippen LogP contribution in [0.15, 0.2) is 98.7 Å². The number of tetrazole rings is 1. The highest BCUT2D eigenvalue weighted by atomic mass is 16.5. The lowest BCUT2D eigenvalue weighted by molar-refractivity contribution is 0.106. The Bertz CT molecular complexity index is 3770. The van der Waals surface area contributed by atoms with E-state index in [-0.39, 0.29) is 64.1 Å². The number of fused-ring (bicyclic) bond motifs is 4. The molecule has 572 valence electrons. The Morgan fingerprint density at radius 1 is 0.495 bits per heavy atom. The van der Waals surface area contributed by atoms with Gasteiger partial charge in [0.25, 0.3) is 6.92 Å². The fraction of sp³-hybridized carbons (Fsp3) is 0.620. The lowest BCUT2D eigenvalue weighted by Gasteiger charge is -2.27. The first-order chi connectivity index (χ1) is 48.0. The third kappa shape index (κ3) is 28.4. The average Bonchev–Trinajstić information content (AvgIpc) is 1.73. The summed E-state index contributed by atoms with van der Waals surface area (Å²) in [5, 5.41) is 45.0. The second-order valence-electron chi connectivity index (χ2n) is 37.9. The molecule has 0 amide bonds. The number of benzene rings is 4. The second-order valence-corrected chi connectivity index (χ2v) is 37.9. The van der Waals surface area contributed by atoms with E-state index in [1.165, 1.54) is 57.0 Å². The second kappa shape index (κ2) is 36.4. The number of nitrogens with one attached hydrogen (secondary N) is 2. The van der Waals surface area contributed by atoms with E-state index in [9.17, 15) is 19.9 Å². The highest BCUT2D eigenvalue weighted by molar-refractivity contribution is 6.68. The molecule has 2 aromatic heterocycles. The summed E-state index contributed by atoms with van der Waals surface area (Å²) in [5.41, 5.74) is 15.0. The predicted octanol–water partition coefficient (Wildman–Crippen LogP) is 14.8. The summed E-state index contributed by atoms with van der Waals surface area (Å²) in [7, 11) is -1.97. The Kier molecular flexibility index (Phi) is 31.0. The van der Waals surface area contributed by atoms with E-state index in [0.717, 1.165) is 59.5 Å². The SMILES string of the molecule is CB1CCC(C(C)(C)C)O1.CB1CN=C(C(C)(C)C)O1.CB1OCc2cc(C(C)(C)C)ccc21.CB1OCc2ccc(C(C)(C)C)cc21.CC(C)(C)C1=CCOB1O.CC(C)(C)c1ccc2c(c1)OB(O)C2.CC(C)(C)c1ccc2c(c1)OB(O)C2.CC(C)(C)c1nn[nH]n1.CC(C)(C)c1noc(=O)[nH]1. The van der Waals surface area contributed by atoms with Crippen molar-refractivity contribution in [2.75, 3.05) is 13.1 Å². The number of aliphatic imine (C=N–C) groups is 1. The van der Waals surface area contributed by atoms with Gasteiger partial charge in [-0.3, -0.25) is 14.5 Å². The van der Waals surface area contributed by atoms with Crippen molar-refractivity contribution in [3.8, 4) is 11.5 Å². The van der Waals surface area contributed by atoms with Gasteiger partial charge in [0.15, 0.2) is 17.5 Å². The monoisotopic (exact) mass is 1440 g/mol. The molecule has 19 nitrogen and oxygen atoms in total. The van der Waals surface area contributed by atoms with Crippen molar-refractivity contribution in [3.05, 3.63) is 151 Å². The van der Waals surface area contributed by atoms with Gasteiger partial charge in [-0.15, -0.1) is 10.2 Å². The van der Waals surface area contributed by atoms with Crippen LogP contribution in [-0.2, 0) is 81.6 Å². The molecule has 7 aliphatic heterocycles. The van der Waals surface area contributed by atoms with Gasteiger partial charge in [-0.05, 0) is 125 Å². The number of rotatable bonds is 0. The van der Waals surface area contributed by atoms with Crippen LogP contribution in [0.5, 0.6) is 11.5 Å². The predicted molar refractivity (Wildman–Crippen MR) is 437 cm³/mol. The van der Waals surface area contributed by atoms with Gasteiger partial charge in [0.2, 0.25) is 0 Å². The maximum Gasteiger partial charge on any atom is 0.527 e. The van der Waals surface area contributed by atoms with E-state index in [0.29, 0.717) is 43.5 Å². The summed E-state index contributed by atoms with van der Waals surface area (Å²) in [6.07, 6.45) is 6.96. The van der Waals surface area contributed by atoms with Crippen molar-refractivity contribution in [1.29, 1.82) is 0 Å². The maximum absolute atomic E-state index is 10.5. The van der Waals surface area contributed by atoms with Gasteiger partial charge in [-0.25, -0.2) is 4.79 Å². The largest absolute Gasteiger partial charge is 0.549 e. The topological polar surface area (TPSA) is 251 Å². The van der Waals surface area contributed by atoms with Gasteiger partial charge in [0, 0.05) is 41.6 Å². The summed E-state index contributed by atoms with van der Waals surface area (Å²) in [6, 6.07) is 25.8. The molecule has 6 aromatic rings. The van der Waals surface area contributed by atoms with Gasteiger partial charge in [0.05, 0.1) is 19.7 Å². The van der Waals surface area contributed by atoms with Crippen LogP contribution >= 0.6 is 0 Å². The van der Waals surface area contributed by atoms with Crippen molar-refractivity contribution in [2.45, 2.75) is 291 Å². The van der Waals surface area contributed by atoms with Crippen molar-refractivity contribution >= 4 is 65.8 Å². The third-order valence-electron chi connectivity index (χ3n) is 18.6. The Labute approximate surface area is 633 Å². The summed E-state index contributed by atoms with van der Waals surface area (Å²) >= 11 is 0. The lowest BCUT2D eigenvalue weighted by atomic mass is 9.63. The zero-order valence-electron chi connectivity index (χ0n) is 70.0. The molecule has 5 N–H and O–H groups in total. The Morgan fingerprint density at radius 2 is 0.971 bits per heavy atom. The summed E-state index contributed by atoms with van der Waals surface area (Å²) in [5.74, 6) is 3.42. The number of allylic oxidation sites excluding steroid dienone is 1. The molecule has 0 spiro atoms. The van der Waals surface area contributed by atoms with Crippen LogP contribution < -0.4 is 26.0 Å². The van der Waals surface area contributed by atoms with Crippen LogP contribution in [0.2, 0.25) is 33.6 Å². The molecule has 105 heavy (non-hydrogen) atoms. The van der Waals surface area contributed by atoms with E-state index in [2.05, 4.69) is 255 Å². The molecule has 7 aliphatic rings. The minimum atomic E-state index is -0.667. The minimum absolute atomic E-state index is 0.00694. The molecule has 1 saturated heterocycles. The van der Waals surface area contributed by atoms with Crippen LogP contribution in [0.1, 0.15) is 250 Å². The van der Waals surface area contributed by atoms with Gasteiger partial charge >= 0.3 is 47.9 Å².